The number of fused-ring (bicyclic) bond motifs is 3. The lowest BCUT2D eigenvalue weighted by Gasteiger charge is -2.16. The molecule has 0 saturated carbocycles. The van der Waals surface area contributed by atoms with Crippen LogP contribution in [0.1, 0.15) is 0 Å². The first-order chi connectivity index (χ1) is 11.1. The lowest BCUT2D eigenvalue weighted by atomic mass is 10.1. The van der Waals surface area contributed by atoms with Crippen LogP contribution >= 0.6 is 0 Å². The van der Waals surface area contributed by atoms with Crippen LogP contribution in [0.2, 0.25) is 19.6 Å². The highest BCUT2D eigenvalue weighted by Gasteiger charge is 2.23. The smallest absolute Gasteiger partial charge is 0.144 e. The predicted octanol–water partition coefficient (Wildman–Crippen LogP) is 5.19. The third-order valence-corrected chi connectivity index (χ3v) is 6.28. The highest BCUT2D eigenvalue weighted by atomic mass is 28.3. The molecule has 4 aromatic rings. The fourth-order valence-electron chi connectivity index (χ4n) is 3.13. The van der Waals surface area contributed by atoms with E-state index in [-0.39, 0.29) is 0 Å². The van der Waals surface area contributed by atoms with Crippen LogP contribution in [0, 0.1) is 0 Å². The van der Waals surface area contributed by atoms with Gasteiger partial charge in [0.2, 0.25) is 0 Å². The van der Waals surface area contributed by atoms with Gasteiger partial charge in [-0.2, -0.15) is 0 Å². The van der Waals surface area contributed by atoms with E-state index in [2.05, 4.69) is 61.0 Å². The molecule has 0 saturated heterocycles. The number of nitrogens with zero attached hydrogens (tertiary/aromatic N) is 1. The van der Waals surface area contributed by atoms with Gasteiger partial charge in [0, 0.05) is 22.5 Å². The van der Waals surface area contributed by atoms with Crippen LogP contribution in [0.3, 0.4) is 0 Å². The van der Waals surface area contributed by atoms with Gasteiger partial charge in [0.25, 0.3) is 0 Å². The van der Waals surface area contributed by atoms with E-state index >= 15 is 0 Å². The number of rotatable bonds is 2. The summed E-state index contributed by atoms with van der Waals surface area (Å²) in [5.74, 6) is 0. The Labute approximate surface area is 136 Å². The summed E-state index contributed by atoms with van der Waals surface area (Å²) in [7, 11) is -1.47. The van der Waals surface area contributed by atoms with Crippen LogP contribution in [-0.4, -0.2) is 13.1 Å². The molecule has 0 spiro atoms. The van der Waals surface area contributed by atoms with Gasteiger partial charge in [0.05, 0.1) is 13.8 Å². The van der Waals surface area contributed by atoms with Crippen LogP contribution in [-0.2, 0) is 0 Å². The number of hydrogen-bond acceptors (Lipinski definition) is 2. The minimum Gasteiger partial charge on any atom is -0.455 e. The van der Waals surface area contributed by atoms with Crippen molar-refractivity contribution in [3.05, 3.63) is 60.8 Å². The van der Waals surface area contributed by atoms with E-state index in [9.17, 15) is 0 Å². The first kappa shape index (κ1) is 14.2. The molecule has 0 unspecified atom stereocenters. The Morgan fingerprint density at radius 2 is 1.52 bits per heavy atom. The van der Waals surface area contributed by atoms with E-state index in [1.165, 1.54) is 16.0 Å². The number of hydrogen-bond donors (Lipinski definition) is 0. The third kappa shape index (κ3) is 2.28. The molecular weight excluding hydrogens is 298 g/mol. The molecule has 4 rings (SSSR count). The van der Waals surface area contributed by atoms with Gasteiger partial charge in [-0.3, -0.25) is 4.98 Å². The second-order valence-electron chi connectivity index (χ2n) is 6.93. The van der Waals surface area contributed by atoms with E-state index in [0.29, 0.717) is 0 Å². The number of aromatic nitrogens is 1. The summed E-state index contributed by atoms with van der Waals surface area (Å²) in [5.41, 5.74) is 3.99. The van der Waals surface area contributed by atoms with Crippen molar-refractivity contribution in [2.45, 2.75) is 19.6 Å². The second-order valence-corrected chi connectivity index (χ2v) is 12.0. The van der Waals surface area contributed by atoms with Gasteiger partial charge in [-0.1, -0.05) is 56.0 Å². The van der Waals surface area contributed by atoms with Crippen molar-refractivity contribution in [3.8, 4) is 11.3 Å². The Morgan fingerprint density at radius 1 is 0.783 bits per heavy atom. The van der Waals surface area contributed by atoms with Crippen molar-refractivity contribution in [2.75, 3.05) is 0 Å². The summed E-state index contributed by atoms with van der Waals surface area (Å²) in [4.78, 5) is 4.49. The predicted molar refractivity (Wildman–Crippen MR) is 99.9 cm³/mol. The third-order valence-electron chi connectivity index (χ3n) is 4.27. The normalized spacial score (nSPS) is 12.1. The summed E-state index contributed by atoms with van der Waals surface area (Å²) < 4.78 is 6.39. The monoisotopic (exact) mass is 317 g/mol. The average molecular weight is 317 g/mol. The minimum atomic E-state index is -1.47. The Morgan fingerprint density at radius 3 is 2.22 bits per heavy atom. The summed E-state index contributed by atoms with van der Waals surface area (Å²) in [6.07, 6.45) is 1.82. The molecule has 0 N–H and O–H groups in total. The highest BCUT2D eigenvalue weighted by Crippen LogP contribution is 2.34. The number of furan rings is 1. The Balaban J connectivity index is 2.10. The molecule has 2 heterocycles. The quantitative estimate of drug-likeness (QED) is 0.475. The number of pyridine rings is 1. The minimum absolute atomic E-state index is 0.937. The molecule has 2 nitrogen and oxygen atoms in total. The zero-order chi connectivity index (χ0) is 16.0. The largest absolute Gasteiger partial charge is 0.455 e. The van der Waals surface area contributed by atoms with Crippen LogP contribution in [0.15, 0.2) is 65.2 Å². The number of benzene rings is 2. The zero-order valence-corrected chi connectivity index (χ0v) is 14.6. The van der Waals surface area contributed by atoms with Crippen molar-refractivity contribution >= 4 is 35.2 Å². The molecule has 0 aliphatic rings. The van der Waals surface area contributed by atoms with Crippen molar-refractivity contribution in [3.63, 3.8) is 0 Å². The van der Waals surface area contributed by atoms with Crippen LogP contribution in [0.4, 0.5) is 0 Å². The number of para-hydroxylation sites is 2. The molecule has 0 radical (unpaired) electrons. The van der Waals surface area contributed by atoms with Gasteiger partial charge in [0.1, 0.15) is 11.2 Å². The van der Waals surface area contributed by atoms with Crippen LogP contribution in [0.5, 0.6) is 0 Å². The summed E-state index contributed by atoms with van der Waals surface area (Å²) in [5, 5.41) is 3.75. The van der Waals surface area contributed by atoms with E-state index < -0.39 is 8.07 Å². The first-order valence-corrected chi connectivity index (χ1v) is 11.4. The second kappa shape index (κ2) is 5.07. The highest BCUT2D eigenvalue weighted by molar-refractivity contribution is 6.90. The van der Waals surface area contributed by atoms with Crippen LogP contribution in [0.25, 0.3) is 33.2 Å². The maximum atomic E-state index is 6.39. The van der Waals surface area contributed by atoms with E-state index in [4.69, 9.17) is 4.42 Å². The molecule has 0 atom stereocenters. The molecule has 0 aliphatic carbocycles. The molecule has 2 aromatic carbocycles. The fourth-order valence-corrected chi connectivity index (χ4v) is 4.60. The Kier molecular flexibility index (Phi) is 3.13. The van der Waals surface area contributed by atoms with Gasteiger partial charge in [-0.05, 0) is 23.4 Å². The van der Waals surface area contributed by atoms with Crippen LogP contribution < -0.4 is 5.19 Å². The average Bonchev–Trinajstić information content (AvgIpc) is 2.93. The Hall–Kier alpha value is -2.39. The molecule has 2 aromatic heterocycles. The lowest BCUT2D eigenvalue weighted by molar-refractivity contribution is 0.672. The zero-order valence-electron chi connectivity index (χ0n) is 13.6. The van der Waals surface area contributed by atoms with Gasteiger partial charge >= 0.3 is 0 Å². The summed E-state index contributed by atoms with van der Waals surface area (Å²) in [6.45, 7) is 7.07. The molecule has 0 bridgehead atoms. The lowest BCUT2D eigenvalue weighted by Crippen LogP contribution is -2.37. The first-order valence-electron chi connectivity index (χ1n) is 7.92. The van der Waals surface area contributed by atoms with Gasteiger partial charge in [-0.25, -0.2) is 0 Å². The van der Waals surface area contributed by atoms with Crippen molar-refractivity contribution in [1.29, 1.82) is 0 Å². The van der Waals surface area contributed by atoms with Gasteiger partial charge in [-0.15, -0.1) is 0 Å². The SMILES string of the molecule is C[Si](C)(C)c1cccc2c1oc1c(-c3ccccn3)cccc12. The van der Waals surface area contributed by atoms with Gasteiger partial charge in [0.15, 0.2) is 0 Å². The topological polar surface area (TPSA) is 26.0 Å². The molecule has 23 heavy (non-hydrogen) atoms. The molecule has 3 heteroatoms. The maximum absolute atomic E-state index is 6.39. The van der Waals surface area contributed by atoms with E-state index in [0.717, 1.165) is 22.4 Å². The fraction of sp³-hybridized carbons (Fsp3) is 0.150. The molecule has 114 valence electrons. The Bertz CT molecular complexity index is 997. The van der Waals surface area contributed by atoms with E-state index in [1.807, 2.05) is 24.4 Å². The van der Waals surface area contributed by atoms with Crippen molar-refractivity contribution < 1.29 is 4.42 Å². The standard InChI is InChI=1S/C20H19NOSi/c1-23(2,3)18-12-7-9-15-14-8-6-10-16(19(14)22-20(15)18)17-11-4-5-13-21-17/h4-13H,1-3H3. The van der Waals surface area contributed by atoms with Crippen molar-refractivity contribution in [1.82, 2.24) is 4.98 Å². The molecule has 0 amide bonds. The molecular formula is C20H19NOSi. The summed E-state index contributed by atoms with van der Waals surface area (Å²) >= 11 is 0. The summed E-state index contributed by atoms with van der Waals surface area (Å²) in [6, 6.07) is 18.8. The van der Waals surface area contributed by atoms with E-state index in [1.54, 1.807) is 0 Å². The molecule has 0 aliphatic heterocycles. The van der Waals surface area contributed by atoms with Gasteiger partial charge < -0.3 is 4.42 Å². The van der Waals surface area contributed by atoms with Crippen molar-refractivity contribution in [2.24, 2.45) is 0 Å². The molecule has 0 fully saturated rings. The maximum Gasteiger partial charge on any atom is 0.144 e.